The molecule has 1 saturated heterocycles. The van der Waals surface area contributed by atoms with Crippen LogP contribution in [-0.4, -0.2) is 24.6 Å². The van der Waals surface area contributed by atoms with Crippen LogP contribution in [0.5, 0.6) is 0 Å². The van der Waals surface area contributed by atoms with Crippen LogP contribution in [0.15, 0.2) is 6.07 Å². The Balaban J connectivity index is 2.24. The molecule has 0 saturated carbocycles. The molecule has 3 nitrogen and oxygen atoms in total. The Morgan fingerprint density at radius 3 is 2.78 bits per heavy atom. The SMILES string of the molecule is CCNc1nc(N2CCC(CC)C2)c(F)cc1F. The maximum atomic E-state index is 13.8. The lowest BCUT2D eigenvalue weighted by atomic mass is 10.1. The highest BCUT2D eigenvalue weighted by Crippen LogP contribution is 2.28. The van der Waals surface area contributed by atoms with Gasteiger partial charge in [0.15, 0.2) is 23.3 Å². The van der Waals surface area contributed by atoms with Gasteiger partial charge in [-0.05, 0) is 19.3 Å². The van der Waals surface area contributed by atoms with Crippen molar-refractivity contribution in [2.45, 2.75) is 26.7 Å². The van der Waals surface area contributed by atoms with Gasteiger partial charge in [0.25, 0.3) is 0 Å². The quantitative estimate of drug-likeness (QED) is 0.896. The lowest BCUT2D eigenvalue weighted by molar-refractivity contribution is 0.560. The molecule has 5 heteroatoms. The highest BCUT2D eigenvalue weighted by atomic mass is 19.1. The number of pyridine rings is 1. The fourth-order valence-electron chi connectivity index (χ4n) is 2.33. The number of nitrogens with zero attached hydrogens (tertiary/aromatic N) is 2. The molecule has 0 bridgehead atoms. The van der Waals surface area contributed by atoms with Crippen molar-refractivity contribution in [3.63, 3.8) is 0 Å². The number of rotatable bonds is 4. The molecule has 0 aromatic carbocycles. The van der Waals surface area contributed by atoms with Gasteiger partial charge in [0.1, 0.15) is 0 Å². The van der Waals surface area contributed by atoms with Crippen molar-refractivity contribution in [3.05, 3.63) is 17.7 Å². The Kier molecular flexibility index (Phi) is 3.99. The maximum absolute atomic E-state index is 13.8. The standard InChI is InChI=1S/C13H19F2N3/c1-3-9-5-6-18(8-9)13-11(15)7-10(14)12(17-13)16-4-2/h7,9H,3-6,8H2,1-2H3,(H,16,17). The zero-order valence-corrected chi connectivity index (χ0v) is 10.8. The number of hydrogen-bond donors (Lipinski definition) is 1. The summed E-state index contributed by atoms with van der Waals surface area (Å²) in [6.45, 7) is 6.14. The Morgan fingerprint density at radius 1 is 1.39 bits per heavy atom. The number of anilines is 2. The van der Waals surface area contributed by atoms with E-state index in [9.17, 15) is 8.78 Å². The molecule has 1 N–H and O–H groups in total. The van der Waals surface area contributed by atoms with E-state index >= 15 is 0 Å². The Labute approximate surface area is 106 Å². The summed E-state index contributed by atoms with van der Waals surface area (Å²) < 4.78 is 27.2. The van der Waals surface area contributed by atoms with Gasteiger partial charge in [-0.25, -0.2) is 13.8 Å². The molecule has 0 spiro atoms. The third-order valence-electron chi connectivity index (χ3n) is 3.42. The molecule has 100 valence electrons. The average molecular weight is 255 g/mol. The van der Waals surface area contributed by atoms with E-state index in [0.717, 1.165) is 32.0 Å². The van der Waals surface area contributed by atoms with E-state index in [-0.39, 0.29) is 11.6 Å². The van der Waals surface area contributed by atoms with Crippen LogP contribution in [-0.2, 0) is 0 Å². The first-order chi connectivity index (χ1) is 8.65. The minimum Gasteiger partial charge on any atom is -0.368 e. The van der Waals surface area contributed by atoms with Crippen molar-refractivity contribution in [1.29, 1.82) is 0 Å². The average Bonchev–Trinajstić information content (AvgIpc) is 2.81. The van der Waals surface area contributed by atoms with Crippen LogP contribution in [0.3, 0.4) is 0 Å². The second-order valence-corrected chi connectivity index (χ2v) is 4.66. The lowest BCUT2D eigenvalue weighted by Crippen LogP contribution is -2.23. The first-order valence-electron chi connectivity index (χ1n) is 6.50. The van der Waals surface area contributed by atoms with Gasteiger partial charge in [0.2, 0.25) is 0 Å². The van der Waals surface area contributed by atoms with Crippen molar-refractivity contribution >= 4 is 11.6 Å². The van der Waals surface area contributed by atoms with Gasteiger partial charge < -0.3 is 10.2 Å². The molecule has 1 aliphatic heterocycles. The van der Waals surface area contributed by atoms with Gasteiger partial charge in [0.05, 0.1) is 0 Å². The van der Waals surface area contributed by atoms with Gasteiger partial charge in [-0.15, -0.1) is 0 Å². The van der Waals surface area contributed by atoms with Crippen LogP contribution in [0, 0.1) is 17.6 Å². The molecule has 1 aromatic heterocycles. The second-order valence-electron chi connectivity index (χ2n) is 4.66. The molecule has 18 heavy (non-hydrogen) atoms. The summed E-state index contributed by atoms with van der Waals surface area (Å²) in [5.74, 6) is -0.230. The molecule has 1 atom stereocenters. The van der Waals surface area contributed by atoms with Crippen LogP contribution in [0.1, 0.15) is 26.7 Å². The predicted molar refractivity (Wildman–Crippen MR) is 68.9 cm³/mol. The van der Waals surface area contributed by atoms with Gasteiger partial charge >= 0.3 is 0 Å². The molecule has 1 fully saturated rings. The molecule has 2 rings (SSSR count). The van der Waals surface area contributed by atoms with Gasteiger partial charge in [-0.2, -0.15) is 0 Å². The number of halogens is 2. The topological polar surface area (TPSA) is 28.2 Å². The summed E-state index contributed by atoms with van der Waals surface area (Å²) in [5.41, 5.74) is 0. The van der Waals surface area contributed by atoms with Crippen molar-refractivity contribution in [2.24, 2.45) is 5.92 Å². The minimum absolute atomic E-state index is 0.133. The summed E-state index contributed by atoms with van der Waals surface area (Å²) in [5, 5.41) is 2.81. The minimum atomic E-state index is -0.635. The third-order valence-corrected chi connectivity index (χ3v) is 3.42. The zero-order valence-electron chi connectivity index (χ0n) is 10.8. The van der Waals surface area contributed by atoms with E-state index in [1.807, 2.05) is 11.8 Å². The largest absolute Gasteiger partial charge is 0.368 e. The fourth-order valence-corrected chi connectivity index (χ4v) is 2.33. The van der Waals surface area contributed by atoms with Crippen LogP contribution < -0.4 is 10.2 Å². The molecule has 1 aliphatic rings. The highest BCUT2D eigenvalue weighted by Gasteiger charge is 2.25. The number of aromatic nitrogens is 1. The zero-order chi connectivity index (χ0) is 13.1. The number of hydrogen-bond acceptors (Lipinski definition) is 3. The van der Waals surface area contributed by atoms with Crippen molar-refractivity contribution < 1.29 is 8.78 Å². The number of nitrogens with one attached hydrogen (secondary N) is 1. The molecule has 1 aromatic rings. The van der Waals surface area contributed by atoms with Crippen molar-refractivity contribution in [2.75, 3.05) is 29.9 Å². The molecular formula is C13H19F2N3. The van der Waals surface area contributed by atoms with Crippen LogP contribution in [0.4, 0.5) is 20.4 Å². The summed E-state index contributed by atoms with van der Waals surface area (Å²) in [7, 11) is 0. The Bertz CT molecular complexity index is 423. The van der Waals surface area contributed by atoms with E-state index in [1.165, 1.54) is 0 Å². The van der Waals surface area contributed by atoms with Crippen LogP contribution >= 0.6 is 0 Å². The summed E-state index contributed by atoms with van der Waals surface area (Å²) in [6.07, 6.45) is 2.13. The van der Waals surface area contributed by atoms with Crippen molar-refractivity contribution in [1.82, 2.24) is 4.98 Å². The molecule has 1 unspecified atom stereocenters. The Hall–Kier alpha value is -1.39. The molecule has 0 radical (unpaired) electrons. The fraction of sp³-hybridized carbons (Fsp3) is 0.615. The second kappa shape index (κ2) is 5.50. The first kappa shape index (κ1) is 13.1. The van der Waals surface area contributed by atoms with E-state index < -0.39 is 11.6 Å². The molecule has 0 aliphatic carbocycles. The van der Waals surface area contributed by atoms with Crippen LogP contribution in [0.25, 0.3) is 0 Å². The molecular weight excluding hydrogens is 236 g/mol. The third kappa shape index (κ3) is 2.54. The highest BCUT2D eigenvalue weighted by molar-refractivity contribution is 5.49. The predicted octanol–water partition coefficient (Wildman–Crippen LogP) is 3.03. The van der Waals surface area contributed by atoms with Gasteiger partial charge in [0, 0.05) is 25.7 Å². The monoisotopic (exact) mass is 255 g/mol. The van der Waals surface area contributed by atoms with E-state index in [0.29, 0.717) is 12.5 Å². The van der Waals surface area contributed by atoms with E-state index in [4.69, 9.17) is 0 Å². The Morgan fingerprint density at radius 2 is 2.17 bits per heavy atom. The van der Waals surface area contributed by atoms with Crippen molar-refractivity contribution in [3.8, 4) is 0 Å². The van der Waals surface area contributed by atoms with Crippen LogP contribution in [0.2, 0.25) is 0 Å². The lowest BCUT2D eigenvalue weighted by Gasteiger charge is -2.19. The first-order valence-corrected chi connectivity index (χ1v) is 6.50. The van der Waals surface area contributed by atoms with E-state index in [1.54, 1.807) is 0 Å². The van der Waals surface area contributed by atoms with E-state index in [2.05, 4.69) is 17.2 Å². The van der Waals surface area contributed by atoms with Gasteiger partial charge in [-0.3, -0.25) is 0 Å². The maximum Gasteiger partial charge on any atom is 0.168 e. The summed E-state index contributed by atoms with van der Waals surface area (Å²) >= 11 is 0. The molecule has 0 amide bonds. The summed E-state index contributed by atoms with van der Waals surface area (Å²) in [4.78, 5) is 5.98. The van der Waals surface area contributed by atoms with Gasteiger partial charge in [-0.1, -0.05) is 13.3 Å². The molecule has 2 heterocycles. The summed E-state index contributed by atoms with van der Waals surface area (Å²) in [6, 6.07) is 0.916. The smallest absolute Gasteiger partial charge is 0.168 e. The normalized spacial score (nSPS) is 19.3.